The van der Waals surface area contributed by atoms with Gasteiger partial charge in [-0.25, -0.2) is 4.98 Å². The monoisotopic (exact) mass is 246 g/mol. The highest BCUT2D eigenvalue weighted by atomic mass is 32.2. The van der Waals surface area contributed by atoms with Gasteiger partial charge in [-0.1, -0.05) is 0 Å². The Hall–Kier alpha value is -1.15. The number of thiazole rings is 1. The molecule has 0 atom stereocenters. The van der Waals surface area contributed by atoms with E-state index >= 15 is 0 Å². The molecule has 0 unspecified atom stereocenters. The van der Waals surface area contributed by atoms with Crippen molar-refractivity contribution in [3.8, 4) is 0 Å². The van der Waals surface area contributed by atoms with Crippen molar-refractivity contribution in [1.29, 1.82) is 0 Å². The molecule has 0 aliphatic carbocycles. The van der Waals surface area contributed by atoms with Crippen LogP contribution in [0.5, 0.6) is 0 Å². The van der Waals surface area contributed by atoms with Gasteiger partial charge in [-0.05, 0) is 13.8 Å². The molecule has 2 heterocycles. The van der Waals surface area contributed by atoms with Crippen molar-refractivity contribution in [1.82, 2.24) is 10.3 Å². The molecule has 0 aromatic carbocycles. The summed E-state index contributed by atoms with van der Waals surface area (Å²) in [5.74, 6) is 0.571. The van der Waals surface area contributed by atoms with Crippen molar-refractivity contribution in [3.05, 3.63) is 5.51 Å². The number of rotatable bonds is 1. The number of aromatic nitrogens is 1. The summed E-state index contributed by atoms with van der Waals surface area (Å²) in [6.45, 7) is 3.79. The summed E-state index contributed by atoms with van der Waals surface area (Å²) in [6, 6.07) is 0.103. The Kier molecular flexibility index (Phi) is 2.39. The van der Waals surface area contributed by atoms with Gasteiger partial charge in [-0.3, -0.25) is 0 Å². The second-order valence-corrected chi connectivity index (χ2v) is 5.98. The molecule has 1 aromatic heterocycles. The highest BCUT2D eigenvalue weighted by Gasteiger charge is 2.27. The van der Waals surface area contributed by atoms with Gasteiger partial charge in [0.1, 0.15) is 0 Å². The van der Waals surface area contributed by atoms with Crippen molar-refractivity contribution >= 4 is 33.1 Å². The van der Waals surface area contributed by atoms with Gasteiger partial charge in [-0.2, -0.15) is 8.42 Å². The maximum Gasteiger partial charge on any atom is 0.298 e. The van der Waals surface area contributed by atoms with Gasteiger partial charge < -0.3 is 10.6 Å². The summed E-state index contributed by atoms with van der Waals surface area (Å²) < 4.78 is 27.0. The fraction of sp³-hybridized carbons (Fsp3) is 0.429. The molecule has 2 N–H and O–H groups in total. The van der Waals surface area contributed by atoms with Crippen LogP contribution in [0, 0.1) is 0 Å². The third kappa shape index (κ3) is 1.95. The first kappa shape index (κ1) is 10.4. The van der Waals surface area contributed by atoms with E-state index in [0.29, 0.717) is 5.82 Å². The molecule has 1 aliphatic rings. The van der Waals surface area contributed by atoms with Crippen LogP contribution in [0.25, 0.3) is 0 Å². The number of hydrogen-bond donors (Lipinski definition) is 2. The van der Waals surface area contributed by atoms with Crippen molar-refractivity contribution in [3.63, 3.8) is 0 Å². The lowest BCUT2D eigenvalue weighted by Gasteiger charge is -2.17. The number of nitrogens with zero attached hydrogens (tertiary/aromatic N) is 2. The maximum atomic E-state index is 11.6. The molecular formula is C7H10N4O2S2. The number of fused-ring (bicyclic) bond motifs is 1. The van der Waals surface area contributed by atoms with Gasteiger partial charge in [0.25, 0.3) is 10.0 Å². The zero-order chi connectivity index (χ0) is 11.1. The summed E-state index contributed by atoms with van der Waals surface area (Å²) in [7, 11) is -3.57. The largest absolute Gasteiger partial charge is 0.353 e. The second-order valence-electron chi connectivity index (χ2n) is 3.33. The van der Waals surface area contributed by atoms with E-state index in [4.69, 9.17) is 0 Å². The van der Waals surface area contributed by atoms with E-state index in [-0.39, 0.29) is 16.2 Å². The molecule has 82 valence electrons. The minimum Gasteiger partial charge on any atom is -0.353 e. The van der Waals surface area contributed by atoms with E-state index in [2.05, 4.69) is 20.0 Å². The predicted molar refractivity (Wildman–Crippen MR) is 58.6 cm³/mol. The number of anilines is 1. The minimum atomic E-state index is -3.57. The van der Waals surface area contributed by atoms with Gasteiger partial charge >= 0.3 is 0 Å². The van der Waals surface area contributed by atoms with Crippen LogP contribution in [0.2, 0.25) is 0 Å². The topological polar surface area (TPSA) is 83.5 Å². The Morgan fingerprint density at radius 2 is 2.27 bits per heavy atom. The Morgan fingerprint density at radius 1 is 1.53 bits per heavy atom. The standard InChI is InChI=1S/C7H10N4O2S2/c1-4(2)9-7-10-5-6(14-3-8-5)15(12,13)11-7/h3-4H,1-2H3,(H2,9,10,11). The quantitative estimate of drug-likeness (QED) is 0.758. The molecule has 6 nitrogen and oxygen atoms in total. The van der Waals surface area contributed by atoms with Gasteiger partial charge in [0.15, 0.2) is 10.0 Å². The van der Waals surface area contributed by atoms with E-state index in [0.717, 1.165) is 11.3 Å². The smallest absolute Gasteiger partial charge is 0.298 e. The second kappa shape index (κ2) is 3.46. The van der Waals surface area contributed by atoms with Crippen molar-refractivity contribution in [2.24, 2.45) is 4.40 Å². The molecule has 0 saturated carbocycles. The van der Waals surface area contributed by atoms with Crippen molar-refractivity contribution in [2.75, 3.05) is 5.32 Å². The van der Waals surface area contributed by atoms with Gasteiger partial charge in [-0.15, -0.1) is 15.7 Å². The van der Waals surface area contributed by atoms with Crippen molar-refractivity contribution < 1.29 is 8.42 Å². The first-order valence-electron chi connectivity index (χ1n) is 4.31. The number of sulfonamides is 1. The summed E-state index contributed by atoms with van der Waals surface area (Å²) in [5.41, 5.74) is 1.48. The molecule has 0 bridgehead atoms. The normalized spacial score (nSPS) is 17.9. The highest BCUT2D eigenvalue weighted by molar-refractivity contribution is 7.92. The minimum absolute atomic E-state index is 0.103. The lowest BCUT2D eigenvalue weighted by Crippen LogP contribution is -2.38. The van der Waals surface area contributed by atoms with Crippen LogP contribution in [0.4, 0.5) is 5.82 Å². The summed E-state index contributed by atoms with van der Waals surface area (Å²) in [4.78, 5) is 3.92. The maximum absolute atomic E-state index is 11.6. The van der Waals surface area contributed by atoms with Crippen LogP contribution < -0.4 is 10.6 Å². The third-order valence-electron chi connectivity index (χ3n) is 1.64. The fourth-order valence-electron chi connectivity index (χ4n) is 1.13. The average Bonchev–Trinajstić information content (AvgIpc) is 2.49. The molecule has 0 amide bonds. The molecule has 0 spiro atoms. The Morgan fingerprint density at radius 3 is 2.93 bits per heavy atom. The van der Waals surface area contributed by atoms with Crippen molar-refractivity contribution in [2.45, 2.75) is 24.1 Å². The van der Waals surface area contributed by atoms with Crippen LogP contribution >= 0.6 is 11.3 Å². The lowest BCUT2D eigenvalue weighted by molar-refractivity contribution is 0.598. The molecule has 0 radical (unpaired) electrons. The van der Waals surface area contributed by atoms with Crippen LogP contribution in [0.3, 0.4) is 0 Å². The Labute approximate surface area is 91.5 Å². The van der Waals surface area contributed by atoms with E-state index in [9.17, 15) is 8.42 Å². The molecule has 2 rings (SSSR count). The lowest BCUT2D eigenvalue weighted by atomic mass is 10.4. The summed E-state index contributed by atoms with van der Waals surface area (Å²) >= 11 is 1.06. The average molecular weight is 246 g/mol. The Balaban J connectivity index is 2.39. The first-order chi connectivity index (χ1) is 6.99. The van der Waals surface area contributed by atoms with Crippen LogP contribution in [0.15, 0.2) is 14.1 Å². The van der Waals surface area contributed by atoms with E-state index in [1.54, 1.807) is 0 Å². The molecule has 0 fully saturated rings. The van der Waals surface area contributed by atoms with Crippen LogP contribution in [0.1, 0.15) is 13.8 Å². The zero-order valence-electron chi connectivity index (χ0n) is 8.18. The Bertz CT molecular complexity index is 503. The number of hydrogen-bond acceptors (Lipinski definition) is 6. The van der Waals surface area contributed by atoms with Gasteiger partial charge in [0.2, 0.25) is 5.96 Å². The molecule has 1 aromatic rings. The molecule has 15 heavy (non-hydrogen) atoms. The van der Waals surface area contributed by atoms with Gasteiger partial charge in [0, 0.05) is 6.04 Å². The first-order valence-corrected chi connectivity index (χ1v) is 6.63. The van der Waals surface area contributed by atoms with E-state index in [1.807, 2.05) is 13.8 Å². The fourth-order valence-corrected chi connectivity index (χ4v) is 3.10. The number of guanidine groups is 1. The van der Waals surface area contributed by atoms with Gasteiger partial charge in [0.05, 0.1) is 5.51 Å². The molecule has 8 heteroatoms. The highest BCUT2D eigenvalue weighted by Crippen LogP contribution is 2.29. The van der Waals surface area contributed by atoms with Crippen LogP contribution in [-0.2, 0) is 10.0 Å². The zero-order valence-corrected chi connectivity index (χ0v) is 9.82. The number of nitrogens with one attached hydrogen (secondary N) is 2. The van der Waals surface area contributed by atoms with E-state index in [1.165, 1.54) is 5.51 Å². The van der Waals surface area contributed by atoms with E-state index < -0.39 is 10.0 Å². The molecule has 1 aliphatic heterocycles. The third-order valence-corrected chi connectivity index (χ3v) is 4.27. The molecule has 0 saturated heterocycles. The summed E-state index contributed by atoms with van der Waals surface area (Å²) in [6.07, 6.45) is 0. The predicted octanol–water partition coefficient (Wildman–Crippen LogP) is 0.611. The summed E-state index contributed by atoms with van der Waals surface area (Å²) in [5, 5.41) is 5.72. The van der Waals surface area contributed by atoms with Crippen LogP contribution in [-0.4, -0.2) is 25.4 Å². The SMILES string of the molecule is CC(C)NC1=NS(=O)(=O)c2scnc2N1. The molecular weight excluding hydrogens is 236 g/mol.